The molecule has 6 heteroatoms. The Bertz CT molecular complexity index is 1460. The lowest BCUT2D eigenvalue weighted by atomic mass is 9.78. The molecule has 1 heterocycles. The summed E-state index contributed by atoms with van der Waals surface area (Å²) in [5, 5.41) is 1.13. The molecule has 3 nitrogen and oxygen atoms in total. The van der Waals surface area contributed by atoms with Gasteiger partial charge >= 0.3 is 8.38 Å². The van der Waals surface area contributed by atoms with Crippen LogP contribution in [0.3, 0.4) is 0 Å². The van der Waals surface area contributed by atoms with Crippen LogP contribution >= 0.6 is 32.4 Å². The molecule has 0 amide bonds. The molecule has 0 saturated heterocycles. The van der Waals surface area contributed by atoms with Crippen LogP contribution in [-0.2, 0) is 16.6 Å². The van der Waals surface area contributed by atoms with E-state index in [1.165, 1.54) is 99.3 Å². The molecule has 0 aromatic heterocycles. The van der Waals surface area contributed by atoms with E-state index in [1.807, 2.05) is 17.8 Å². The average molecular weight is 734 g/mol. The van der Waals surface area contributed by atoms with Gasteiger partial charge < -0.3 is 13.9 Å². The first-order valence-electron chi connectivity index (χ1n) is 19.4. The fourth-order valence-electron chi connectivity index (χ4n) is 6.60. The van der Waals surface area contributed by atoms with Crippen LogP contribution in [0, 0.1) is 0 Å². The number of rotatable bonds is 18. The molecule has 3 aromatic rings. The first-order valence-corrected chi connectivity index (χ1v) is 21.9. The number of thioether (sulfide) groups is 1. The number of hydrogen-bond acceptors (Lipinski definition) is 4. The van der Waals surface area contributed by atoms with Gasteiger partial charge in [-0.15, -0.1) is 0 Å². The smallest absolute Gasteiger partial charge is 0.326 e. The lowest BCUT2D eigenvalue weighted by Crippen LogP contribution is -2.30. The summed E-state index contributed by atoms with van der Waals surface area (Å²) in [6, 6.07) is 21.6. The second kappa shape index (κ2) is 19.7. The second-order valence-electron chi connectivity index (χ2n) is 16.1. The number of benzene rings is 3. The van der Waals surface area contributed by atoms with Gasteiger partial charge in [-0.25, -0.2) is 0 Å². The molecule has 0 N–H and O–H groups in total. The van der Waals surface area contributed by atoms with E-state index < -0.39 is 8.38 Å². The van der Waals surface area contributed by atoms with Crippen LogP contribution in [0.15, 0.2) is 60.7 Å². The van der Waals surface area contributed by atoms with E-state index in [0.717, 1.165) is 45.5 Å². The molecule has 4 rings (SSSR count). The summed E-state index contributed by atoms with van der Waals surface area (Å²) < 4.78 is 14.9. The Morgan fingerprint density at radius 1 is 0.700 bits per heavy atom. The maximum Gasteiger partial charge on any atom is 0.326 e. The van der Waals surface area contributed by atoms with Gasteiger partial charge in [-0.3, -0.25) is 0 Å². The molecule has 0 saturated carbocycles. The van der Waals surface area contributed by atoms with Gasteiger partial charge in [0.25, 0.3) is 0 Å². The van der Waals surface area contributed by atoms with Gasteiger partial charge in [-0.1, -0.05) is 192 Å². The van der Waals surface area contributed by atoms with Crippen molar-refractivity contribution in [2.75, 3.05) is 13.1 Å². The molecule has 0 spiro atoms. The Kier molecular flexibility index (Phi) is 16.0. The maximum absolute atomic E-state index is 7.13. The zero-order valence-corrected chi connectivity index (χ0v) is 34.9. The summed E-state index contributed by atoms with van der Waals surface area (Å²) in [4.78, 5) is 2.52. The number of hydrogen-bond donors (Lipinski definition) is 0. The highest BCUT2D eigenvalue weighted by Gasteiger charge is 2.34. The van der Waals surface area contributed by atoms with E-state index >= 15 is 0 Å². The molecule has 1 aliphatic rings. The molecule has 1 aliphatic heterocycles. The van der Waals surface area contributed by atoms with Crippen molar-refractivity contribution in [1.29, 1.82) is 0 Å². The van der Waals surface area contributed by atoms with Crippen LogP contribution in [0.5, 0.6) is 11.5 Å². The van der Waals surface area contributed by atoms with Gasteiger partial charge in [0.05, 0.1) is 5.30 Å². The van der Waals surface area contributed by atoms with Gasteiger partial charge in [0.2, 0.25) is 0 Å². The third kappa shape index (κ3) is 11.7. The zero-order valence-electron chi connectivity index (χ0n) is 32.4. The molecular formula is C44H64NO2PS2. The van der Waals surface area contributed by atoms with Crippen molar-refractivity contribution in [3.8, 4) is 22.6 Å². The van der Waals surface area contributed by atoms with Crippen molar-refractivity contribution in [3.05, 3.63) is 77.4 Å². The molecule has 3 aromatic carbocycles. The van der Waals surface area contributed by atoms with Crippen LogP contribution in [-0.4, -0.2) is 22.3 Å². The third-order valence-corrected chi connectivity index (χ3v) is 12.7. The number of nitrogens with zero attached hydrogens (tertiary/aromatic N) is 1. The van der Waals surface area contributed by atoms with Gasteiger partial charge in [0.15, 0.2) is 0 Å². The highest BCUT2D eigenvalue weighted by atomic mass is 32.2. The van der Waals surface area contributed by atoms with Crippen LogP contribution in [0.1, 0.15) is 149 Å². The predicted octanol–water partition coefficient (Wildman–Crippen LogP) is 13.9. The third-order valence-electron chi connectivity index (χ3n) is 9.58. The molecule has 274 valence electrons. The largest absolute Gasteiger partial charge is 0.435 e. The highest BCUT2D eigenvalue weighted by molar-refractivity contribution is 8.22. The maximum atomic E-state index is 7.13. The quantitative estimate of drug-likeness (QED) is 0.0735. The van der Waals surface area contributed by atoms with E-state index in [4.69, 9.17) is 21.3 Å². The normalized spacial score (nSPS) is 14.1. The van der Waals surface area contributed by atoms with Gasteiger partial charge in [-0.2, -0.15) is 0 Å². The van der Waals surface area contributed by atoms with Crippen LogP contribution < -0.4 is 14.4 Å². The fourth-order valence-corrected chi connectivity index (χ4v) is 9.31. The number of unbranched alkanes of at least 4 members (excludes halogenated alkanes) is 10. The molecule has 0 aliphatic carbocycles. The van der Waals surface area contributed by atoms with E-state index in [2.05, 4.69) is 115 Å². The van der Waals surface area contributed by atoms with Crippen LogP contribution in [0.25, 0.3) is 11.1 Å². The molecular weight excluding hydrogens is 670 g/mol. The highest BCUT2D eigenvalue weighted by Crippen LogP contribution is 2.53. The Morgan fingerprint density at radius 2 is 1.20 bits per heavy atom. The monoisotopic (exact) mass is 733 g/mol. The molecule has 0 fully saturated rings. The second-order valence-corrected chi connectivity index (χ2v) is 19.0. The summed E-state index contributed by atoms with van der Waals surface area (Å²) in [5.74, 6) is 2.71. The Labute approximate surface area is 316 Å². The summed E-state index contributed by atoms with van der Waals surface area (Å²) >= 11 is 8.02. The van der Waals surface area contributed by atoms with Crippen molar-refractivity contribution in [1.82, 2.24) is 4.90 Å². The number of fused-ring (bicyclic) bond motifs is 3. The van der Waals surface area contributed by atoms with Crippen molar-refractivity contribution in [2.24, 2.45) is 0 Å². The molecule has 1 unspecified atom stereocenters. The van der Waals surface area contributed by atoms with Crippen molar-refractivity contribution < 1.29 is 9.05 Å². The van der Waals surface area contributed by atoms with E-state index in [9.17, 15) is 0 Å². The topological polar surface area (TPSA) is 21.7 Å². The van der Waals surface area contributed by atoms with Crippen molar-refractivity contribution in [3.63, 3.8) is 0 Å². The zero-order chi connectivity index (χ0) is 36.1. The lowest BCUT2D eigenvalue weighted by Gasteiger charge is -2.34. The molecule has 0 radical (unpaired) electrons. The van der Waals surface area contributed by atoms with Gasteiger partial charge in [-0.05, 0) is 46.9 Å². The van der Waals surface area contributed by atoms with E-state index in [-0.39, 0.29) is 10.8 Å². The van der Waals surface area contributed by atoms with Crippen molar-refractivity contribution >= 4 is 42.0 Å². The number of thiocarbonyl (C=S) groups is 1. The van der Waals surface area contributed by atoms with Gasteiger partial charge in [0, 0.05) is 35.5 Å². The summed E-state index contributed by atoms with van der Waals surface area (Å²) in [5.41, 5.74) is 5.84. The van der Waals surface area contributed by atoms with Crippen LogP contribution in [0.2, 0.25) is 0 Å². The minimum Gasteiger partial charge on any atom is -0.435 e. The lowest BCUT2D eigenvalue weighted by molar-refractivity contribution is 0.395. The fraction of sp³-hybridized carbons (Fsp3) is 0.568. The van der Waals surface area contributed by atoms with E-state index in [1.54, 1.807) is 0 Å². The number of para-hydroxylation sites is 1. The van der Waals surface area contributed by atoms with Crippen LogP contribution in [0.4, 0.5) is 0 Å². The predicted molar refractivity (Wildman–Crippen MR) is 226 cm³/mol. The summed E-state index contributed by atoms with van der Waals surface area (Å²) in [7, 11) is -1.37. The Hall–Kier alpha value is -2.07. The van der Waals surface area contributed by atoms with Crippen molar-refractivity contribution in [2.45, 2.75) is 149 Å². The Morgan fingerprint density at radius 3 is 1.76 bits per heavy atom. The Balaban J connectivity index is 1.56. The molecule has 50 heavy (non-hydrogen) atoms. The minimum atomic E-state index is -1.37. The van der Waals surface area contributed by atoms with Gasteiger partial charge in [0.1, 0.15) is 15.8 Å². The SMILES string of the molecule is CCCCCCCCN(CCCCCCCC)C(=S)SCc1cc(C(C)(C)C)c(OP2Oc3ccccc3-c3ccccc32)c(C(C)(C)C)c1. The summed E-state index contributed by atoms with van der Waals surface area (Å²) in [6.07, 6.45) is 15.7. The van der Waals surface area contributed by atoms with E-state index in [0.29, 0.717) is 0 Å². The average Bonchev–Trinajstić information content (AvgIpc) is 3.08. The first-order chi connectivity index (χ1) is 23.9. The summed E-state index contributed by atoms with van der Waals surface area (Å²) in [6.45, 7) is 20.5. The molecule has 0 bridgehead atoms. The minimum absolute atomic E-state index is 0.124. The first kappa shape index (κ1) is 40.7. The standard InChI is InChI=1S/C44H64NO2PS2/c1-9-11-13-15-17-23-29-45(30-24-18-16-14-12-10-2)42(49)50-33-34-31-37(43(3,4)5)41(38(32-34)44(6,7)8)47-48-40-28-22-20-26-36(40)35-25-19-21-27-39(35)46-48/h19-22,25-28,31-32H,9-18,23-24,29-30,33H2,1-8H3. The molecule has 1 atom stereocenters.